The first-order valence-corrected chi connectivity index (χ1v) is 8.49. The van der Waals surface area contributed by atoms with Crippen molar-refractivity contribution in [3.8, 4) is 6.07 Å². The van der Waals surface area contributed by atoms with Crippen molar-refractivity contribution >= 4 is 44.9 Å². The van der Waals surface area contributed by atoms with Crippen molar-refractivity contribution in [1.82, 2.24) is 9.97 Å². The molecular formula is C22H16N4O. The van der Waals surface area contributed by atoms with Crippen molar-refractivity contribution in [3.05, 3.63) is 72.2 Å². The number of carbonyl (C=O) groups is 1. The van der Waals surface area contributed by atoms with Gasteiger partial charge in [-0.05, 0) is 41.3 Å². The average molecular weight is 352 g/mol. The lowest BCUT2D eigenvalue weighted by Crippen LogP contribution is -2.05. The van der Waals surface area contributed by atoms with E-state index in [-0.39, 0.29) is 5.91 Å². The van der Waals surface area contributed by atoms with E-state index in [1.54, 1.807) is 6.20 Å². The third kappa shape index (κ3) is 3.16. The molecule has 2 heterocycles. The summed E-state index contributed by atoms with van der Waals surface area (Å²) >= 11 is 0. The van der Waals surface area contributed by atoms with E-state index in [4.69, 9.17) is 0 Å². The number of nitrogens with one attached hydrogen (secondary N) is 2. The molecule has 0 spiro atoms. The molecule has 4 rings (SSSR count). The molecule has 27 heavy (non-hydrogen) atoms. The van der Waals surface area contributed by atoms with Gasteiger partial charge in [0, 0.05) is 53.1 Å². The second-order valence-electron chi connectivity index (χ2n) is 6.26. The summed E-state index contributed by atoms with van der Waals surface area (Å²) in [6.07, 6.45) is 7.27. The Balaban J connectivity index is 1.86. The van der Waals surface area contributed by atoms with Crippen LogP contribution < -0.4 is 5.32 Å². The highest BCUT2D eigenvalue weighted by molar-refractivity contribution is 6.05. The van der Waals surface area contributed by atoms with Gasteiger partial charge in [-0.3, -0.25) is 9.78 Å². The minimum absolute atomic E-state index is 0.133. The fourth-order valence-corrected chi connectivity index (χ4v) is 3.22. The summed E-state index contributed by atoms with van der Waals surface area (Å²) < 4.78 is 0. The summed E-state index contributed by atoms with van der Waals surface area (Å²) in [5, 5.41) is 15.5. The number of aromatic nitrogens is 2. The molecule has 0 atom stereocenters. The molecule has 0 aliphatic carbocycles. The van der Waals surface area contributed by atoms with E-state index in [0.29, 0.717) is 11.3 Å². The van der Waals surface area contributed by atoms with Gasteiger partial charge in [-0.1, -0.05) is 18.2 Å². The summed E-state index contributed by atoms with van der Waals surface area (Å²) in [4.78, 5) is 18.7. The van der Waals surface area contributed by atoms with Crippen molar-refractivity contribution < 1.29 is 4.79 Å². The van der Waals surface area contributed by atoms with Crippen LogP contribution in [0.15, 0.2) is 61.1 Å². The number of nitrogens with zero attached hydrogens (tertiary/aromatic N) is 2. The lowest BCUT2D eigenvalue weighted by atomic mass is 10.00. The standard InChI is InChI=1S/C22H16N4O/c1-14(27)26-18-5-6-22-20(10-18)21(13-25-22)17(11-23)9-15-3-2-4-16-12-24-8-7-19(15)16/h2-10,12-13,25H,1H3,(H,26,27)/b17-9+. The summed E-state index contributed by atoms with van der Waals surface area (Å²) in [5.74, 6) is -0.133. The summed E-state index contributed by atoms with van der Waals surface area (Å²) in [6, 6.07) is 15.8. The molecule has 0 aliphatic heterocycles. The molecule has 2 aromatic heterocycles. The fraction of sp³-hybridized carbons (Fsp3) is 0.0455. The number of nitriles is 1. The number of amides is 1. The number of carbonyl (C=O) groups excluding carboxylic acids is 1. The van der Waals surface area contributed by atoms with Crippen LogP contribution in [-0.2, 0) is 4.79 Å². The molecule has 4 aromatic rings. The highest BCUT2D eigenvalue weighted by Crippen LogP contribution is 2.30. The Kier molecular flexibility index (Phi) is 4.15. The van der Waals surface area contributed by atoms with Crippen LogP contribution in [0.1, 0.15) is 18.1 Å². The zero-order valence-electron chi connectivity index (χ0n) is 14.7. The lowest BCUT2D eigenvalue weighted by molar-refractivity contribution is -0.114. The molecule has 2 N–H and O–H groups in total. The number of hydrogen-bond donors (Lipinski definition) is 2. The van der Waals surface area contributed by atoms with Gasteiger partial charge in [-0.2, -0.15) is 5.26 Å². The quantitative estimate of drug-likeness (QED) is 0.523. The lowest BCUT2D eigenvalue weighted by Gasteiger charge is -2.05. The van der Waals surface area contributed by atoms with Crippen LogP contribution in [0.4, 0.5) is 5.69 Å². The molecule has 0 saturated carbocycles. The largest absolute Gasteiger partial charge is 0.361 e. The second kappa shape index (κ2) is 6.77. The van der Waals surface area contributed by atoms with Gasteiger partial charge in [-0.25, -0.2) is 0 Å². The Hall–Kier alpha value is -3.91. The first-order valence-electron chi connectivity index (χ1n) is 8.49. The van der Waals surface area contributed by atoms with E-state index in [2.05, 4.69) is 21.4 Å². The number of fused-ring (bicyclic) bond motifs is 2. The fourth-order valence-electron chi connectivity index (χ4n) is 3.22. The summed E-state index contributed by atoms with van der Waals surface area (Å²) in [6.45, 7) is 1.47. The number of allylic oxidation sites excluding steroid dienone is 1. The van der Waals surface area contributed by atoms with Crippen molar-refractivity contribution in [3.63, 3.8) is 0 Å². The van der Waals surface area contributed by atoms with E-state index < -0.39 is 0 Å². The predicted octanol–water partition coefficient (Wildman–Crippen LogP) is 4.74. The van der Waals surface area contributed by atoms with Crippen LogP contribution >= 0.6 is 0 Å². The van der Waals surface area contributed by atoms with Gasteiger partial charge < -0.3 is 10.3 Å². The molecular weight excluding hydrogens is 336 g/mol. The highest BCUT2D eigenvalue weighted by atomic mass is 16.1. The second-order valence-corrected chi connectivity index (χ2v) is 6.26. The van der Waals surface area contributed by atoms with Crippen LogP contribution in [0.3, 0.4) is 0 Å². The van der Waals surface area contributed by atoms with E-state index in [1.165, 1.54) is 6.92 Å². The van der Waals surface area contributed by atoms with Gasteiger partial charge in [0.1, 0.15) is 0 Å². The van der Waals surface area contributed by atoms with Crippen molar-refractivity contribution in [1.29, 1.82) is 5.26 Å². The van der Waals surface area contributed by atoms with E-state index in [9.17, 15) is 10.1 Å². The number of H-pyrrole nitrogens is 1. The third-order valence-electron chi connectivity index (χ3n) is 4.43. The zero-order valence-corrected chi connectivity index (χ0v) is 14.7. The Labute approximate surface area is 156 Å². The van der Waals surface area contributed by atoms with Crippen LogP contribution in [0.2, 0.25) is 0 Å². The van der Waals surface area contributed by atoms with Crippen molar-refractivity contribution in [2.75, 3.05) is 5.32 Å². The highest BCUT2D eigenvalue weighted by Gasteiger charge is 2.11. The molecule has 0 saturated heterocycles. The maximum Gasteiger partial charge on any atom is 0.221 e. The van der Waals surface area contributed by atoms with Crippen molar-refractivity contribution in [2.24, 2.45) is 0 Å². The molecule has 0 aliphatic rings. The topological polar surface area (TPSA) is 81.6 Å². The predicted molar refractivity (Wildman–Crippen MR) is 108 cm³/mol. The molecule has 0 radical (unpaired) electrons. The zero-order chi connectivity index (χ0) is 18.8. The van der Waals surface area contributed by atoms with E-state index >= 15 is 0 Å². The Morgan fingerprint density at radius 1 is 1.22 bits per heavy atom. The molecule has 0 bridgehead atoms. The minimum Gasteiger partial charge on any atom is -0.361 e. The summed E-state index contributed by atoms with van der Waals surface area (Å²) in [5.41, 5.74) is 3.90. The van der Waals surface area contributed by atoms with E-state index in [0.717, 1.165) is 32.8 Å². The molecule has 130 valence electrons. The first kappa shape index (κ1) is 16.6. The smallest absolute Gasteiger partial charge is 0.221 e. The van der Waals surface area contributed by atoms with Crippen LogP contribution in [0.5, 0.6) is 0 Å². The third-order valence-corrected chi connectivity index (χ3v) is 4.43. The Bertz CT molecular complexity index is 1240. The van der Waals surface area contributed by atoms with Gasteiger partial charge in [0.25, 0.3) is 0 Å². The minimum atomic E-state index is -0.133. The monoisotopic (exact) mass is 352 g/mol. The maximum absolute atomic E-state index is 11.3. The molecule has 0 fully saturated rings. The maximum atomic E-state index is 11.3. The van der Waals surface area contributed by atoms with Gasteiger partial charge in [0.2, 0.25) is 5.91 Å². The Morgan fingerprint density at radius 2 is 2.11 bits per heavy atom. The van der Waals surface area contributed by atoms with Crippen LogP contribution in [-0.4, -0.2) is 15.9 Å². The molecule has 0 unspecified atom stereocenters. The van der Waals surface area contributed by atoms with Gasteiger partial charge in [0.15, 0.2) is 0 Å². The van der Waals surface area contributed by atoms with Crippen LogP contribution in [0.25, 0.3) is 33.3 Å². The molecule has 2 aromatic carbocycles. The van der Waals surface area contributed by atoms with Gasteiger partial charge in [-0.15, -0.1) is 0 Å². The van der Waals surface area contributed by atoms with Gasteiger partial charge in [0.05, 0.1) is 11.6 Å². The number of benzene rings is 2. The van der Waals surface area contributed by atoms with Crippen LogP contribution in [0, 0.1) is 11.3 Å². The number of rotatable bonds is 3. The van der Waals surface area contributed by atoms with Crippen molar-refractivity contribution in [2.45, 2.75) is 6.92 Å². The van der Waals surface area contributed by atoms with Gasteiger partial charge >= 0.3 is 0 Å². The molecule has 1 amide bonds. The number of aromatic amines is 1. The Morgan fingerprint density at radius 3 is 2.93 bits per heavy atom. The molecule has 5 nitrogen and oxygen atoms in total. The number of hydrogen-bond acceptors (Lipinski definition) is 3. The number of pyridine rings is 1. The normalized spacial score (nSPS) is 11.5. The number of anilines is 1. The van der Waals surface area contributed by atoms with E-state index in [1.807, 2.05) is 60.9 Å². The average Bonchev–Trinajstić information content (AvgIpc) is 3.09. The SMILES string of the molecule is CC(=O)Nc1ccc2[nH]cc(/C(C#N)=C/c3cccc4cnccc34)c2c1. The molecule has 5 heteroatoms. The summed E-state index contributed by atoms with van der Waals surface area (Å²) in [7, 11) is 0. The first-order chi connectivity index (χ1) is 13.2.